The third-order valence-electron chi connectivity index (χ3n) is 3.33. The lowest BCUT2D eigenvalue weighted by Gasteiger charge is -2.13. The van der Waals surface area contributed by atoms with Gasteiger partial charge in [0.25, 0.3) is 0 Å². The van der Waals surface area contributed by atoms with Crippen LogP contribution in [-0.2, 0) is 13.2 Å². The fourth-order valence-corrected chi connectivity index (χ4v) is 2.41. The van der Waals surface area contributed by atoms with Gasteiger partial charge in [-0.05, 0) is 43.7 Å². The minimum atomic E-state index is 0.194. The van der Waals surface area contributed by atoms with Crippen molar-refractivity contribution in [3.05, 3.63) is 64.2 Å². The molecule has 0 heterocycles. The van der Waals surface area contributed by atoms with Gasteiger partial charge in [0.05, 0.1) is 0 Å². The van der Waals surface area contributed by atoms with Crippen LogP contribution in [-0.4, -0.2) is 18.3 Å². The summed E-state index contributed by atoms with van der Waals surface area (Å²) in [5.41, 5.74) is 3.40. The fourth-order valence-electron chi connectivity index (χ4n) is 2.22. The van der Waals surface area contributed by atoms with Crippen LogP contribution in [0.3, 0.4) is 0 Å². The summed E-state index contributed by atoms with van der Waals surface area (Å²) < 4.78 is 5.94. The predicted octanol–water partition coefficient (Wildman–Crippen LogP) is 3.70. The first-order chi connectivity index (χ1) is 10.7. The molecule has 118 valence electrons. The van der Waals surface area contributed by atoms with Gasteiger partial charge in [-0.1, -0.05) is 41.4 Å². The summed E-state index contributed by atoms with van der Waals surface area (Å²) in [5.74, 6) is 0.836. The summed E-state index contributed by atoms with van der Waals surface area (Å²) >= 11 is 6.07. The lowest BCUT2D eigenvalue weighted by atomic mass is 10.1. The van der Waals surface area contributed by atoms with E-state index >= 15 is 0 Å². The molecule has 22 heavy (non-hydrogen) atoms. The molecule has 0 aliphatic heterocycles. The number of rotatable bonds is 8. The van der Waals surface area contributed by atoms with Gasteiger partial charge in [0, 0.05) is 23.7 Å². The Morgan fingerprint density at radius 3 is 2.82 bits per heavy atom. The first kappa shape index (κ1) is 16.8. The number of benzene rings is 2. The average molecular weight is 320 g/mol. The second kappa shape index (κ2) is 8.79. The second-order valence-corrected chi connectivity index (χ2v) is 5.72. The topological polar surface area (TPSA) is 41.5 Å². The highest BCUT2D eigenvalue weighted by atomic mass is 35.5. The van der Waals surface area contributed by atoms with Gasteiger partial charge in [-0.25, -0.2) is 0 Å². The molecule has 0 aliphatic rings. The Labute approximate surface area is 136 Å². The van der Waals surface area contributed by atoms with Crippen LogP contribution in [0.2, 0.25) is 5.02 Å². The van der Waals surface area contributed by atoms with Crippen LogP contribution in [0.5, 0.6) is 5.75 Å². The Morgan fingerprint density at radius 1 is 1.18 bits per heavy atom. The van der Waals surface area contributed by atoms with Crippen molar-refractivity contribution in [2.45, 2.75) is 26.5 Å². The van der Waals surface area contributed by atoms with Gasteiger partial charge in [0.15, 0.2) is 0 Å². The molecule has 0 radical (unpaired) electrons. The minimum Gasteiger partial charge on any atom is -0.489 e. The molecule has 0 atom stereocenters. The third kappa shape index (κ3) is 5.34. The van der Waals surface area contributed by atoms with E-state index in [-0.39, 0.29) is 6.61 Å². The molecule has 2 aromatic rings. The molecule has 0 amide bonds. The molecule has 0 unspecified atom stereocenters. The normalized spacial score (nSPS) is 10.7. The molecule has 0 saturated heterocycles. The Morgan fingerprint density at radius 2 is 2.05 bits per heavy atom. The van der Waals surface area contributed by atoms with Crippen molar-refractivity contribution < 1.29 is 9.84 Å². The largest absolute Gasteiger partial charge is 0.489 e. The minimum absolute atomic E-state index is 0.194. The molecular formula is C18H22ClNO2. The number of ether oxygens (including phenoxy) is 1. The van der Waals surface area contributed by atoms with Crippen molar-refractivity contribution in [1.29, 1.82) is 0 Å². The van der Waals surface area contributed by atoms with Crippen LogP contribution in [0, 0.1) is 6.92 Å². The standard InChI is InChI=1S/C18H22ClNO2/c1-14-4-2-5-15(10-14)13-22-18-7-6-17(19)11-16(18)12-20-8-3-9-21/h2,4-7,10-11,20-21H,3,8-9,12-13H2,1H3. The van der Waals surface area contributed by atoms with E-state index < -0.39 is 0 Å². The number of hydrogen-bond donors (Lipinski definition) is 2. The maximum Gasteiger partial charge on any atom is 0.124 e. The highest BCUT2D eigenvalue weighted by Crippen LogP contribution is 2.24. The van der Waals surface area contributed by atoms with Crippen molar-refractivity contribution >= 4 is 11.6 Å². The Bertz CT molecular complexity index is 601. The fraction of sp³-hybridized carbons (Fsp3) is 0.333. The first-order valence-corrected chi connectivity index (χ1v) is 7.85. The van der Waals surface area contributed by atoms with Crippen LogP contribution in [0.1, 0.15) is 23.1 Å². The van der Waals surface area contributed by atoms with E-state index in [1.54, 1.807) is 0 Å². The first-order valence-electron chi connectivity index (χ1n) is 7.47. The van der Waals surface area contributed by atoms with Crippen LogP contribution in [0.25, 0.3) is 0 Å². The summed E-state index contributed by atoms with van der Waals surface area (Å²) in [6.07, 6.45) is 0.736. The van der Waals surface area contributed by atoms with Gasteiger partial charge in [0.1, 0.15) is 12.4 Å². The van der Waals surface area contributed by atoms with Gasteiger partial charge in [-0.15, -0.1) is 0 Å². The molecule has 2 aromatic carbocycles. The Kier molecular flexibility index (Phi) is 6.72. The number of aliphatic hydroxyl groups is 1. The van der Waals surface area contributed by atoms with Crippen molar-refractivity contribution in [2.75, 3.05) is 13.2 Å². The number of aliphatic hydroxyl groups excluding tert-OH is 1. The van der Waals surface area contributed by atoms with Crippen LogP contribution < -0.4 is 10.1 Å². The number of hydrogen-bond acceptors (Lipinski definition) is 3. The molecule has 0 aromatic heterocycles. The van der Waals surface area contributed by atoms with E-state index in [9.17, 15) is 0 Å². The highest BCUT2D eigenvalue weighted by Gasteiger charge is 2.05. The summed E-state index contributed by atoms with van der Waals surface area (Å²) in [7, 11) is 0. The van der Waals surface area contributed by atoms with E-state index in [0.717, 1.165) is 29.8 Å². The molecule has 0 aliphatic carbocycles. The second-order valence-electron chi connectivity index (χ2n) is 5.28. The van der Waals surface area contributed by atoms with Crippen LogP contribution >= 0.6 is 11.6 Å². The zero-order valence-corrected chi connectivity index (χ0v) is 13.6. The summed E-state index contributed by atoms with van der Waals surface area (Å²) in [5, 5.41) is 12.8. The van der Waals surface area contributed by atoms with Crippen molar-refractivity contribution in [1.82, 2.24) is 5.32 Å². The smallest absolute Gasteiger partial charge is 0.124 e. The van der Waals surface area contributed by atoms with Gasteiger partial charge >= 0.3 is 0 Å². The average Bonchev–Trinajstić information content (AvgIpc) is 2.51. The molecule has 4 heteroatoms. The van der Waals surface area contributed by atoms with E-state index in [4.69, 9.17) is 21.4 Å². The molecule has 0 fully saturated rings. The molecule has 3 nitrogen and oxygen atoms in total. The summed E-state index contributed by atoms with van der Waals surface area (Å²) in [6.45, 7) is 4.23. The molecule has 0 spiro atoms. The zero-order valence-electron chi connectivity index (χ0n) is 12.8. The maximum atomic E-state index is 8.81. The lowest BCUT2D eigenvalue weighted by molar-refractivity contribution is 0.285. The summed E-state index contributed by atoms with van der Waals surface area (Å²) in [6, 6.07) is 13.9. The molecule has 0 bridgehead atoms. The lowest BCUT2D eigenvalue weighted by Crippen LogP contribution is -2.16. The van der Waals surface area contributed by atoms with Crippen molar-refractivity contribution in [3.8, 4) is 5.75 Å². The van der Waals surface area contributed by atoms with Crippen LogP contribution in [0.4, 0.5) is 0 Å². The van der Waals surface area contributed by atoms with Gasteiger partial charge < -0.3 is 15.2 Å². The summed E-state index contributed by atoms with van der Waals surface area (Å²) in [4.78, 5) is 0. The molecule has 0 saturated carbocycles. The molecule has 2 rings (SSSR count). The quantitative estimate of drug-likeness (QED) is 0.729. The predicted molar refractivity (Wildman–Crippen MR) is 90.4 cm³/mol. The highest BCUT2D eigenvalue weighted by molar-refractivity contribution is 6.30. The van der Waals surface area contributed by atoms with Crippen molar-refractivity contribution in [3.63, 3.8) is 0 Å². The van der Waals surface area contributed by atoms with E-state index in [2.05, 4.69) is 30.4 Å². The van der Waals surface area contributed by atoms with Crippen molar-refractivity contribution in [2.24, 2.45) is 0 Å². The van der Waals surface area contributed by atoms with Gasteiger partial charge in [-0.2, -0.15) is 0 Å². The van der Waals surface area contributed by atoms with Gasteiger partial charge in [0.2, 0.25) is 0 Å². The molecular weight excluding hydrogens is 298 g/mol. The van der Waals surface area contributed by atoms with E-state index in [1.807, 2.05) is 24.3 Å². The van der Waals surface area contributed by atoms with Crippen LogP contribution in [0.15, 0.2) is 42.5 Å². The van der Waals surface area contributed by atoms with E-state index in [0.29, 0.717) is 18.2 Å². The van der Waals surface area contributed by atoms with Gasteiger partial charge in [-0.3, -0.25) is 0 Å². The SMILES string of the molecule is Cc1cccc(COc2ccc(Cl)cc2CNCCCO)c1. The van der Waals surface area contributed by atoms with E-state index in [1.165, 1.54) is 5.56 Å². The third-order valence-corrected chi connectivity index (χ3v) is 3.56. The Balaban J connectivity index is 1.99. The Hall–Kier alpha value is -1.55. The number of nitrogens with one attached hydrogen (secondary N) is 1. The maximum absolute atomic E-state index is 8.81. The monoisotopic (exact) mass is 319 g/mol. The number of aryl methyl sites for hydroxylation is 1. The number of halogens is 1. The zero-order chi connectivity index (χ0) is 15.8. The molecule has 2 N–H and O–H groups in total.